The highest BCUT2D eigenvalue weighted by Gasteiger charge is 2.15. The Kier molecular flexibility index (Phi) is 4.80. The summed E-state index contributed by atoms with van der Waals surface area (Å²) in [6.07, 6.45) is 5.10. The van der Waals surface area contributed by atoms with Crippen LogP contribution in [-0.2, 0) is 30.5 Å². The zero-order valence-electron chi connectivity index (χ0n) is 14.1. The van der Waals surface area contributed by atoms with Crippen molar-refractivity contribution in [1.29, 1.82) is 0 Å². The van der Waals surface area contributed by atoms with Crippen LogP contribution < -0.4 is 5.32 Å². The smallest absolute Gasteiger partial charge is 0.224 e. The Hall–Kier alpha value is -2.09. The maximum Gasteiger partial charge on any atom is 0.224 e. The summed E-state index contributed by atoms with van der Waals surface area (Å²) in [7, 11) is 0. The molecule has 3 rings (SSSR count). The Morgan fingerprint density at radius 1 is 1.04 bits per heavy atom. The largest absolute Gasteiger partial charge is 0.349 e. The Labute approximate surface area is 138 Å². The minimum Gasteiger partial charge on any atom is -0.349 e. The van der Waals surface area contributed by atoms with Crippen LogP contribution in [-0.4, -0.2) is 5.91 Å². The molecule has 0 heterocycles. The highest BCUT2D eigenvalue weighted by atomic mass is 16.1. The Bertz CT molecular complexity index is 687. The van der Waals surface area contributed by atoms with Crippen LogP contribution in [0.3, 0.4) is 0 Å². The lowest BCUT2D eigenvalue weighted by Crippen LogP contribution is -2.28. The molecule has 1 aliphatic carbocycles. The number of hydrogen-bond acceptors (Lipinski definition) is 1. The van der Waals surface area contributed by atoms with E-state index in [1.807, 2.05) is 0 Å². The van der Waals surface area contributed by atoms with Gasteiger partial charge in [0, 0.05) is 0 Å². The van der Waals surface area contributed by atoms with Gasteiger partial charge in [0.1, 0.15) is 0 Å². The maximum atomic E-state index is 12.3. The van der Waals surface area contributed by atoms with Gasteiger partial charge >= 0.3 is 0 Å². The van der Waals surface area contributed by atoms with E-state index in [0.717, 1.165) is 12.0 Å². The summed E-state index contributed by atoms with van der Waals surface area (Å²) in [5.41, 5.74) is 6.52. The topological polar surface area (TPSA) is 29.1 Å². The van der Waals surface area contributed by atoms with Crippen molar-refractivity contribution in [2.45, 2.75) is 52.0 Å². The first-order chi connectivity index (χ1) is 11.2. The molecule has 0 saturated carbocycles. The lowest BCUT2D eigenvalue weighted by Gasteiger charge is -2.16. The molecule has 1 aliphatic rings. The number of fused-ring (bicyclic) bond motifs is 1. The molecule has 1 amide bonds. The fraction of sp³-hybridized carbons (Fsp3) is 0.381. The number of amides is 1. The van der Waals surface area contributed by atoms with Crippen LogP contribution in [0, 0.1) is 0 Å². The number of rotatable bonds is 5. The van der Waals surface area contributed by atoms with Gasteiger partial charge in [0.15, 0.2) is 0 Å². The van der Waals surface area contributed by atoms with Crippen LogP contribution in [0.15, 0.2) is 42.5 Å². The van der Waals surface area contributed by atoms with Crippen LogP contribution in [0.25, 0.3) is 0 Å². The van der Waals surface area contributed by atoms with E-state index in [9.17, 15) is 4.79 Å². The molecule has 1 unspecified atom stereocenters. The quantitative estimate of drug-likeness (QED) is 0.883. The zero-order valence-corrected chi connectivity index (χ0v) is 14.1. The Morgan fingerprint density at radius 3 is 2.48 bits per heavy atom. The first-order valence-corrected chi connectivity index (χ1v) is 8.64. The van der Waals surface area contributed by atoms with E-state index in [1.54, 1.807) is 0 Å². The molecule has 1 atom stereocenters. The molecule has 23 heavy (non-hydrogen) atoms. The average molecular weight is 307 g/mol. The summed E-state index contributed by atoms with van der Waals surface area (Å²) >= 11 is 0. The van der Waals surface area contributed by atoms with Gasteiger partial charge in [0.25, 0.3) is 0 Å². The first kappa shape index (κ1) is 15.8. The highest BCUT2D eigenvalue weighted by molar-refractivity contribution is 5.79. The number of benzene rings is 2. The molecular weight excluding hydrogens is 282 g/mol. The van der Waals surface area contributed by atoms with Gasteiger partial charge in [-0.2, -0.15) is 0 Å². The number of aryl methyl sites for hydroxylation is 3. The summed E-state index contributed by atoms with van der Waals surface area (Å²) < 4.78 is 0. The monoisotopic (exact) mass is 307 g/mol. The molecule has 1 N–H and O–H groups in total. The van der Waals surface area contributed by atoms with E-state index in [4.69, 9.17) is 0 Å². The van der Waals surface area contributed by atoms with Crippen molar-refractivity contribution >= 4 is 5.91 Å². The van der Waals surface area contributed by atoms with Crippen molar-refractivity contribution in [3.05, 3.63) is 70.3 Å². The number of carbonyl (C=O) groups is 1. The molecule has 0 aromatic heterocycles. The minimum absolute atomic E-state index is 0.0586. The second-order valence-corrected chi connectivity index (χ2v) is 6.52. The third kappa shape index (κ3) is 3.82. The number of carbonyl (C=O) groups excluding carboxylic acids is 1. The summed E-state index contributed by atoms with van der Waals surface area (Å²) in [6.45, 7) is 4.20. The average Bonchev–Trinajstić information content (AvgIpc) is 3.03. The molecular formula is C21H25NO. The standard InChI is InChI=1S/C21H25NO/c1-3-16-7-9-17(10-8-16)13-21(23)22-15(2)19-12-11-18-5-4-6-20(18)14-19/h7-12,14-15H,3-6,13H2,1-2H3,(H,22,23). The lowest BCUT2D eigenvalue weighted by molar-refractivity contribution is -0.121. The third-order valence-electron chi connectivity index (χ3n) is 4.80. The lowest BCUT2D eigenvalue weighted by atomic mass is 10.0. The van der Waals surface area contributed by atoms with Crippen molar-refractivity contribution in [3.8, 4) is 0 Å². The number of hydrogen-bond donors (Lipinski definition) is 1. The fourth-order valence-electron chi connectivity index (χ4n) is 3.32. The second kappa shape index (κ2) is 6.99. The molecule has 2 aromatic carbocycles. The molecule has 0 radical (unpaired) electrons. The van der Waals surface area contributed by atoms with Crippen molar-refractivity contribution in [2.75, 3.05) is 0 Å². The normalized spacial score (nSPS) is 14.3. The molecule has 0 spiro atoms. The SMILES string of the molecule is CCc1ccc(CC(=O)NC(C)c2ccc3c(c2)CCC3)cc1. The summed E-state index contributed by atoms with van der Waals surface area (Å²) in [5, 5.41) is 3.13. The fourth-order valence-corrected chi connectivity index (χ4v) is 3.32. The van der Waals surface area contributed by atoms with Gasteiger partial charge in [-0.25, -0.2) is 0 Å². The van der Waals surface area contributed by atoms with Crippen LogP contribution in [0.1, 0.15) is 54.1 Å². The second-order valence-electron chi connectivity index (χ2n) is 6.52. The summed E-state index contributed by atoms with van der Waals surface area (Å²) in [6, 6.07) is 15.0. The Balaban J connectivity index is 1.60. The summed E-state index contributed by atoms with van der Waals surface area (Å²) in [5.74, 6) is 0.0854. The molecule has 2 aromatic rings. The van der Waals surface area contributed by atoms with E-state index in [0.29, 0.717) is 6.42 Å². The van der Waals surface area contributed by atoms with Crippen molar-refractivity contribution in [1.82, 2.24) is 5.32 Å². The molecule has 2 heteroatoms. The van der Waals surface area contributed by atoms with Gasteiger partial charge < -0.3 is 5.32 Å². The van der Waals surface area contributed by atoms with Crippen LogP contribution >= 0.6 is 0 Å². The molecule has 2 nitrogen and oxygen atoms in total. The maximum absolute atomic E-state index is 12.3. The van der Waals surface area contributed by atoms with Gasteiger partial charge in [-0.05, 0) is 60.4 Å². The van der Waals surface area contributed by atoms with E-state index in [-0.39, 0.29) is 11.9 Å². The molecule has 0 saturated heterocycles. The Morgan fingerprint density at radius 2 is 1.74 bits per heavy atom. The number of nitrogens with one attached hydrogen (secondary N) is 1. The van der Waals surface area contributed by atoms with E-state index in [2.05, 4.69) is 61.6 Å². The minimum atomic E-state index is 0.0586. The van der Waals surface area contributed by atoms with Gasteiger partial charge in [-0.3, -0.25) is 4.79 Å². The molecule has 0 fully saturated rings. The molecule has 120 valence electrons. The van der Waals surface area contributed by atoms with Crippen molar-refractivity contribution < 1.29 is 4.79 Å². The predicted octanol–water partition coefficient (Wildman–Crippen LogP) is 4.16. The van der Waals surface area contributed by atoms with Gasteiger partial charge in [0.2, 0.25) is 5.91 Å². The van der Waals surface area contributed by atoms with Gasteiger partial charge in [-0.15, -0.1) is 0 Å². The van der Waals surface area contributed by atoms with Crippen LogP contribution in [0.5, 0.6) is 0 Å². The van der Waals surface area contributed by atoms with E-state index < -0.39 is 0 Å². The zero-order chi connectivity index (χ0) is 16.2. The van der Waals surface area contributed by atoms with Crippen molar-refractivity contribution in [3.63, 3.8) is 0 Å². The van der Waals surface area contributed by atoms with Gasteiger partial charge in [-0.1, -0.05) is 49.4 Å². The first-order valence-electron chi connectivity index (χ1n) is 8.64. The van der Waals surface area contributed by atoms with Crippen molar-refractivity contribution in [2.24, 2.45) is 0 Å². The van der Waals surface area contributed by atoms with E-state index in [1.165, 1.54) is 41.5 Å². The third-order valence-corrected chi connectivity index (χ3v) is 4.80. The summed E-state index contributed by atoms with van der Waals surface area (Å²) in [4.78, 5) is 12.3. The predicted molar refractivity (Wildman–Crippen MR) is 94.5 cm³/mol. The molecule has 0 aliphatic heterocycles. The van der Waals surface area contributed by atoms with E-state index >= 15 is 0 Å². The van der Waals surface area contributed by atoms with Crippen LogP contribution in [0.4, 0.5) is 0 Å². The van der Waals surface area contributed by atoms with Gasteiger partial charge in [0.05, 0.1) is 12.5 Å². The van der Waals surface area contributed by atoms with Crippen LogP contribution in [0.2, 0.25) is 0 Å². The highest BCUT2D eigenvalue weighted by Crippen LogP contribution is 2.25. The molecule has 0 bridgehead atoms.